The van der Waals surface area contributed by atoms with Crippen LogP contribution in [0.15, 0.2) is 66.9 Å². The smallest absolute Gasteiger partial charge is 0.292 e. The van der Waals surface area contributed by atoms with Crippen molar-refractivity contribution in [3.63, 3.8) is 0 Å². The maximum Gasteiger partial charge on any atom is 0.292 e. The van der Waals surface area contributed by atoms with E-state index in [0.717, 1.165) is 6.54 Å². The number of hydrogen-bond donors (Lipinski definition) is 0. The largest absolute Gasteiger partial charge is 0.375 e. The Balaban J connectivity index is 1.75. The van der Waals surface area contributed by atoms with Gasteiger partial charge in [0.15, 0.2) is 5.52 Å². The minimum atomic E-state index is 1.10. The average Bonchev–Trinajstić information content (AvgIpc) is 3.11. The summed E-state index contributed by atoms with van der Waals surface area (Å²) in [6.07, 6.45) is 4.69. The highest BCUT2D eigenvalue weighted by Gasteiger charge is 2.17. The van der Waals surface area contributed by atoms with Gasteiger partial charge in [-0.3, -0.25) is 0 Å². The number of unbranched alkanes of at least 4 members (excludes halogenated alkanes) is 1. The summed E-state index contributed by atoms with van der Waals surface area (Å²) in [4.78, 5) is 2.35. The van der Waals surface area contributed by atoms with E-state index in [1.807, 2.05) is 0 Å². The van der Waals surface area contributed by atoms with Crippen molar-refractivity contribution in [3.8, 4) is 0 Å². The van der Waals surface area contributed by atoms with E-state index in [2.05, 4.69) is 101 Å². The molecule has 3 heterocycles. The number of benzene rings is 2. The van der Waals surface area contributed by atoms with Crippen LogP contribution in [0.25, 0.3) is 33.0 Å². The van der Waals surface area contributed by atoms with Crippen molar-refractivity contribution in [3.05, 3.63) is 72.4 Å². The monoisotopic (exact) mass is 368 g/mol. The van der Waals surface area contributed by atoms with Crippen LogP contribution in [-0.4, -0.2) is 18.0 Å². The lowest BCUT2D eigenvalue weighted by atomic mass is 10.1. The Hall–Kier alpha value is -3.07. The lowest BCUT2D eigenvalue weighted by molar-refractivity contribution is -0.479. The molecule has 5 rings (SSSR count). The van der Waals surface area contributed by atoms with Crippen molar-refractivity contribution in [2.24, 2.45) is 0 Å². The molecular formula is C25H26N3+. The normalized spacial score (nSPS) is 11.8. The first-order chi connectivity index (χ1) is 13.7. The predicted molar refractivity (Wildman–Crippen MR) is 118 cm³/mol. The van der Waals surface area contributed by atoms with Gasteiger partial charge in [0.2, 0.25) is 0 Å². The Labute approximate surface area is 165 Å². The zero-order chi connectivity index (χ0) is 19.3. The number of nitrogens with zero attached hydrogens (tertiary/aromatic N) is 3. The van der Waals surface area contributed by atoms with Crippen LogP contribution < -0.4 is 9.30 Å². The zero-order valence-electron chi connectivity index (χ0n) is 16.8. The molecule has 0 saturated heterocycles. The number of pyridine rings is 2. The summed E-state index contributed by atoms with van der Waals surface area (Å²) in [6, 6.07) is 22.4. The first kappa shape index (κ1) is 17.1. The van der Waals surface area contributed by atoms with Crippen LogP contribution >= 0.6 is 0 Å². The van der Waals surface area contributed by atoms with Crippen LogP contribution in [0.5, 0.6) is 0 Å². The standard InChI is InChI=1S/C25H26N3/c1-4-5-14-26(3)21-11-12-23-20(16-21)8-10-22-17-27-24-15-18(2)6-7-19(24)9-13-25(27)28(22)23/h6-13,15-17H,4-5,14H2,1-3H3/q+1. The van der Waals surface area contributed by atoms with Crippen molar-refractivity contribution in [1.29, 1.82) is 0 Å². The van der Waals surface area contributed by atoms with E-state index in [1.54, 1.807) is 0 Å². The van der Waals surface area contributed by atoms with E-state index in [-0.39, 0.29) is 0 Å². The number of aryl methyl sites for hydroxylation is 1. The Morgan fingerprint density at radius 1 is 0.929 bits per heavy atom. The highest BCUT2D eigenvalue weighted by molar-refractivity contribution is 5.88. The number of fused-ring (bicyclic) bond motifs is 7. The Morgan fingerprint density at radius 2 is 1.75 bits per heavy atom. The van der Waals surface area contributed by atoms with Crippen LogP contribution in [-0.2, 0) is 0 Å². The van der Waals surface area contributed by atoms with Crippen LogP contribution in [0.2, 0.25) is 0 Å². The summed E-state index contributed by atoms with van der Waals surface area (Å²) in [5, 5.41) is 2.54. The van der Waals surface area contributed by atoms with Crippen molar-refractivity contribution in [2.75, 3.05) is 18.5 Å². The van der Waals surface area contributed by atoms with E-state index in [4.69, 9.17) is 0 Å². The highest BCUT2D eigenvalue weighted by atomic mass is 15.1. The molecule has 0 N–H and O–H groups in total. The van der Waals surface area contributed by atoms with E-state index in [9.17, 15) is 0 Å². The zero-order valence-corrected chi connectivity index (χ0v) is 16.8. The van der Waals surface area contributed by atoms with Gasteiger partial charge >= 0.3 is 0 Å². The second kappa shape index (κ2) is 6.52. The third-order valence-corrected chi connectivity index (χ3v) is 5.83. The minimum absolute atomic E-state index is 1.10. The molecule has 5 aromatic rings. The molecule has 3 nitrogen and oxygen atoms in total. The fraction of sp³-hybridized carbons (Fsp3) is 0.240. The summed E-state index contributed by atoms with van der Waals surface area (Å²) >= 11 is 0. The predicted octanol–water partition coefficient (Wildman–Crippen LogP) is 5.53. The molecule has 0 aliphatic rings. The Kier molecular flexibility index (Phi) is 3.97. The summed E-state index contributed by atoms with van der Waals surface area (Å²) in [7, 11) is 2.19. The van der Waals surface area contributed by atoms with Crippen LogP contribution in [0.4, 0.5) is 5.69 Å². The first-order valence-corrected chi connectivity index (χ1v) is 10.2. The van der Waals surface area contributed by atoms with Gasteiger partial charge in [-0.15, -0.1) is 0 Å². The van der Waals surface area contributed by atoms with Crippen molar-refractivity contribution < 1.29 is 4.40 Å². The summed E-state index contributed by atoms with van der Waals surface area (Å²) in [5.74, 6) is 0. The van der Waals surface area contributed by atoms with E-state index in [1.165, 1.54) is 57.1 Å². The van der Waals surface area contributed by atoms with Crippen LogP contribution in [0, 0.1) is 6.92 Å². The van der Waals surface area contributed by atoms with Crippen LogP contribution in [0.3, 0.4) is 0 Å². The Morgan fingerprint density at radius 3 is 2.61 bits per heavy atom. The van der Waals surface area contributed by atoms with E-state index < -0.39 is 0 Å². The molecule has 0 unspecified atom stereocenters. The molecule has 0 radical (unpaired) electrons. The van der Waals surface area contributed by atoms with Gasteiger partial charge < -0.3 is 4.90 Å². The number of imidazole rings is 1. The van der Waals surface area contributed by atoms with Crippen molar-refractivity contribution in [1.82, 2.24) is 4.40 Å². The molecule has 0 amide bonds. The molecule has 2 aromatic carbocycles. The van der Waals surface area contributed by atoms with Gasteiger partial charge in [0.25, 0.3) is 5.65 Å². The molecule has 0 saturated carbocycles. The molecular weight excluding hydrogens is 342 g/mol. The summed E-state index contributed by atoms with van der Waals surface area (Å²) < 4.78 is 4.69. The van der Waals surface area contributed by atoms with Crippen molar-refractivity contribution >= 4 is 38.7 Å². The lowest BCUT2D eigenvalue weighted by Crippen LogP contribution is -2.20. The average molecular weight is 369 g/mol. The van der Waals surface area contributed by atoms with E-state index in [0.29, 0.717) is 0 Å². The molecule has 0 aliphatic heterocycles. The SMILES string of the molecule is CCCCN(C)c1ccc2c(ccc3c[n+]4c5cc(C)ccc5ccc4n32)c1. The summed E-state index contributed by atoms with van der Waals surface area (Å²) in [5.41, 5.74) is 7.49. The molecule has 0 aliphatic carbocycles. The maximum absolute atomic E-state index is 2.37. The number of rotatable bonds is 4. The quantitative estimate of drug-likeness (QED) is 0.380. The van der Waals surface area contributed by atoms with Gasteiger partial charge in [-0.25, -0.2) is 0 Å². The minimum Gasteiger partial charge on any atom is -0.375 e. The van der Waals surface area contributed by atoms with E-state index >= 15 is 0 Å². The Bertz CT molecular complexity index is 1330. The number of aromatic nitrogens is 2. The summed E-state index contributed by atoms with van der Waals surface area (Å²) in [6.45, 7) is 5.49. The maximum atomic E-state index is 2.37. The van der Waals surface area contributed by atoms with Gasteiger partial charge in [0.1, 0.15) is 17.2 Å². The molecule has 3 aromatic heterocycles. The number of anilines is 1. The highest BCUT2D eigenvalue weighted by Crippen LogP contribution is 2.25. The first-order valence-electron chi connectivity index (χ1n) is 10.2. The van der Waals surface area contributed by atoms with Gasteiger partial charge in [-0.05, 0) is 61.4 Å². The third kappa shape index (κ3) is 2.62. The molecule has 3 heteroatoms. The lowest BCUT2D eigenvalue weighted by Gasteiger charge is -2.19. The topological polar surface area (TPSA) is 11.8 Å². The fourth-order valence-corrected chi connectivity index (χ4v) is 4.21. The number of hydrogen-bond acceptors (Lipinski definition) is 1. The second-order valence-electron chi connectivity index (χ2n) is 7.86. The molecule has 0 spiro atoms. The van der Waals surface area contributed by atoms with Gasteiger partial charge in [-0.1, -0.05) is 25.5 Å². The van der Waals surface area contributed by atoms with Gasteiger partial charge in [0.05, 0.1) is 0 Å². The molecule has 28 heavy (non-hydrogen) atoms. The second-order valence-corrected chi connectivity index (χ2v) is 7.86. The molecule has 0 atom stereocenters. The van der Waals surface area contributed by atoms with Gasteiger partial charge in [0, 0.05) is 36.1 Å². The van der Waals surface area contributed by atoms with Crippen LogP contribution in [0.1, 0.15) is 25.3 Å². The third-order valence-electron chi connectivity index (χ3n) is 5.83. The molecule has 0 fully saturated rings. The molecule has 140 valence electrons. The fourth-order valence-electron chi connectivity index (χ4n) is 4.21. The molecule has 0 bridgehead atoms. The van der Waals surface area contributed by atoms with Crippen molar-refractivity contribution in [2.45, 2.75) is 26.7 Å². The van der Waals surface area contributed by atoms with Gasteiger partial charge in [-0.2, -0.15) is 8.80 Å².